The summed E-state index contributed by atoms with van der Waals surface area (Å²) in [4.78, 5) is 11.0. The number of nitrogens with zero attached hydrogens (tertiary/aromatic N) is 2. The minimum Gasteiger partial charge on any atom is -0.494 e. The number of carbonyl (C=O) groups excluding carboxylic acids is 1. The normalized spacial score (nSPS) is 11.2. The second-order valence-electron chi connectivity index (χ2n) is 8.90. The average molecular weight is 449 g/mol. The van der Waals surface area contributed by atoms with Crippen molar-refractivity contribution in [1.82, 2.24) is 10.2 Å². The molecule has 0 fully saturated rings. The first-order chi connectivity index (χ1) is 15.9. The van der Waals surface area contributed by atoms with E-state index in [0.29, 0.717) is 25.0 Å². The van der Waals surface area contributed by atoms with Crippen molar-refractivity contribution in [3.63, 3.8) is 0 Å². The predicted octanol–water partition coefficient (Wildman–Crippen LogP) is 6.37. The maximum absolute atomic E-state index is 11.0. The number of carbonyl (C=O) groups is 1. The highest BCUT2D eigenvalue weighted by Gasteiger charge is 2.15. The SMILES string of the molecule is C=CC(=O)OCCCCCCOc1ccc(-c2nnc(-c3ccc(C(C)(C)C)cc3)o2)cc1. The number of hydrogen-bond donors (Lipinski definition) is 0. The molecule has 33 heavy (non-hydrogen) atoms. The molecule has 3 rings (SSSR count). The molecule has 1 aromatic heterocycles. The Kier molecular flexibility index (Phi) is 8.41. The number of benzene rings is 2. The number of ether oxygens (including phenoxy) is 2. The van der Waals surface area contributed by atoms with Gasteiger partial charge >= 0.3 is 5.97 Å². The van der Waals surface area contributed by atoms with Gasteiger partial charge in [0.15, 0.2) is 0 Å². The van der Waals surface area contributed by atoms with E-state index in [1.807, 2.05) is 36.4 Å². The van der Waals surface area contributed by atoms with Crippen LogP contribution in [0.3, 0.4) is 0 Å². The van der Waals surface area contributed by atoms with Crippen LogP contribution >= 0.6 is 0 Å². The van der Waals surface area contributed by atoms with E-state index in [9.17, 15) is 4.79 Å². The van der Waals surface area contributed by atoms with Crippen molar-refractivity contribution in [3.8, 4) is 28.7 Å². The van der Waals surface area contributed by atoms with Crippen LogP contribution in [0.15, 0.2) is 65.6 Å². The van der Waals surface area contributed by atoms with Crippen LogP contribution in [0.2, 0.25) is 0 Å². The van der Waals surface area contributed by atoms with Gasteiger partial charge < -0.3 is 13.9 Å². The fourth-order valence-electron chi connectivity index (χ4n) is 3.24. The predicted molar refractivity (Wildman–Crippen MR) is 129 cm³/mol. The molecule has 0 aliphatic carbocycles. The molecule has 2 aromatic carbocycles. The largest absolute Gasteiger partial charge is 0.494 e. The van der Waals surface area contributed by atoms with Gasteiger partial charge in [-0.15, -0.1) is 10.2 Å². The van der Waals surface area contributed by atoms with Crippen LogP contribution in [0.25, 0.3) is 22.9 Å². The van der Waals surface area contributed by atoms with Gasteiger partial charge in [-0.3, -0.25) is 0 Å². The first-order valence-corrected chi connectivity index (χ1v) is 11.3. The van der Waals surface area contributed by atoms with Gasteiger partial charge in [0.1, 0.15) is 5.75 Å². The van der Waals surface area contributed by atoms with Crippen molar-refractivity contribution in [3.05, 3.63) is 66.7 Å². The van der Waals surface area contributed by atoms with Crippen molar-refractivity contribution >= 4 is 5.97 Å². The lowest BCUT2D eigenvalue weighted by Crippen LogP contribution is -2.10. The van der Waals surface area contributed by atoms with E-state index in [1.165, 1.54) is 11.6 Å². The lowest BCUT2D eigenvalue weighted by Gasteiger charge is -2.18. The van der Waals surface area contributed by atoms with Crippen LogP contribution < -0.4 is 4.74 Å². The second kappa shape index (κ2) is 11.5. The molecule has 0 bridgehead atoms. The lowest BCUT2D eigenvalue weighted by molar-refractivity contribution is -0.137. The van der Waals surface area contributed by atoms with Crippen molar-refractivity contribution in [2.75, 3.05) is 13.2 Å². The van der Waals surface area contributed by atoms with E-state index in [4.69, 9.17) is 13.9 Å². The van der Waals surface area contributed by atoms with Crippen LogP contribution in [0.4, 0.5) is 0 Å². The van der Waals surface area contributed by atoms with Gasteiger partial charge in [0.25, 0.3) is 0 Å². The van der Waals surface area contributed by atoms with E-state index < -0.39 is 0 Å². The van der Waals surface area contributed by atoms with E-state index in [-0.39, 0.29) is 11.4 Å². The van der Waals surface area contributed by atoms with Gasteiger partial charge in [0.2, 0.25) is 11.8 Å². The fraction of sp³-hybridized carbons (Fsp3) is 0.370. The van der Waals surface area contributed by atoms with Gasteiger partial charge in [0.05, 0.1) is 13.2 Å². The molecule has 174 valence electrons. The summed E-state index contributed by atoms with van der Waals surface area (Å²) in [6.07, 6.45) is 4.98. The fourth-order valence-corrected chi connectivity index (χ4v) is 3.24. The minimum atomic E-state index is -0.367. The zero-order valence-corrected chi connectivity index (χ0v) is 19.7. The molecule has 0 aliphatic rings. The lowest BCUT2D eigenvalue weighted by atomic mass is 9.87. The molecule has 0 N–H and O–H groups in total. The number of aromatic nitrogens is 2. The smallest absolute Gasteiger partial charge is 0.330 e. The highest BCUT2D eigenvalue weighted by Crippen LogP contribution is 2.28. The summed E-state index contributed by atoms with van der Waals surface area (Å²) in [6, 6.07) is 15.9. The third-order valence-electron chi connectivity index (χ3n) is 5.24. The summed E-state index contributed by atoms with van der Waals surface area (Å²) in [5.74, 6) is 1.42. The monoisotopic (exact) mass is 448 g/mol. The van der Waals surface area contributed by atoms with Crippen molar-refractivity contribution in [2.24, 2.45) is 0 Å². The van der Waals surface area contributed by atoms with Crippen LogP contribution in [-0.2, 0) is 14.9 Å². The molecule has 0 saturated carbocycles. The Morgan fingerprint density at radius 2 is 1.42 bits per heavy atom. The summed E-state index contributed by atoms with van der Waals surface area (Å²) in [6.45, 7) is 11.0. The number of hydrogen-bond acceptors (Lipinski definition) is 6. The Hall–Kier alpha value is -3.41. The molecule has 0 radical (unpaired) electrons. The van der Waals surface area contributed by atoms with Crippen LogP contribution in [0, 0.1) is 0 Å². The van der Waals surface area contributed by atoms with E-state index >= 15 is 0 Å². The molecule has 6 nitrogen and oxygen atoms in total. The van der Waals surface area contributed by atoms with E-state index in [1.54, 1.807) is 0 Å². The van der Waals surface area contributed by atoms with Gasteiger partial charge in [-0.2, -0.15) is 0 Å². The third-order valence-corrected chi connectivity index (χ3v) is 5.24. The molecule has 0 atom stereocenters. The quantitative estimate of drug-likeness (QED) is 0.193. The van der Waals surface area contributed by atoms with Crippen molar-refractivity contribution in [2.45, 2.75) is 51.9 Å². The molecule has 0 saturated heterocycles. The maximum atomic E-state index is 11.0. The Balaban J connectivity index is 1.44. The Morgan fingerprint density at radius 1 is 0.879 bits per heavy atom. The number of esters is 1. The standard InChI is InChI=1S/C27H32N2O4/c1-5-24(30)32-19-9-7-6-8-18-31-23-16-12-21(13-17-23)26-29-28-25(33-26)20-10-14-22(15-11-20)27(2,3)4/h5,10-17H,1,6-9,18-19H2,2-4H3. The summed E-state index contributed by atoms with van der Waals surface area (Å²) in [5.41, 5.74) is 3.11. The Bertz CT molecular complexity index is 1030. The number of rotatable bonds is 11. The molecule has 3 aromatic rings. The zero-order valence-electron chi connectivity index (χ0n) is 19.7. The molecule has 1 heterocycles. The summed E-state index contributed by atoms with van der Waals surface area (Å²) < 4.78 is 16.6. The Labute approximate surface area is 195 Å². The van der Waals surface area contributed by atoms with Crippen LogP contribution in [-0.4, -0.2) is 29.4 Å². The molecular weight excluding hydrogens is 416 g/mol. The first-order valence-electron chi connectivity index (χ1n) is 11.3. The molecule has 0 spiro atoms. The summed E-state index contributed by atoms with van der Waals surface area (Å²) in [5, 5.41) is 8.40. The van der Waals surface area contributed by atoms with Crippen LogP contribution in [0.5, 0.6) is 5.75 Å². The maximum Gasteiger partial charge on any atom is 0.330 e. The summed E-state index contributed by atoms with van der Waals surface area (Å²) in [7, 11) is 0. The summed E-state index contributed by atoms with van der Waals surface area (Å²) >= 11 is 0. The van der Waals surface area contributed by atoms with E-state index in [0.717, 1.165) is 42.6 Å². The zero-order chi connectivity index (χ0) is 23.7. The van der Waals surface area contributed by atoms with Gasteiger partial charge in [-0.1, -0.05) is 39.5 Å². The highest BCUT2D eigenvalue weighted by atomic mass is 16.5. The molecule has 6 heteroatoms. The van der Waals surface area contributed by atoms with Crippen molar-refractivity contribution in [1.29, 1.82) is 0 Å². The molecule has 0 amide bonds. The van der Waals surface area contributed by atoms with Crippen LogP contribution in [0.1, 0.15) is 52.0 Å². The molecular formula is C27H32N2O4. The Morgan fingerprint density at radius 3 is 1.97 bits per heavy atom. The average Bonchev–Trinajstić information content (AvgIpc) is 3.31. The van der Waals surface area contributed by atoms with Gasteiger partial charge in [0, 0.05) is 17.2 Å². The van der Waals surface area contributed by atoms with Gasteiger partial charge in [-0.05, 0) is 73.1 Å². The van der Waals surface area contributed by atoms with Gasteiger partial charge in [-0.25, -0.2) is 4.79 Å². The minimum absolute atomic E-state index is 0.101. The topological polar surface area (TPSA) is 74.5 Å². The molecule has 0 aliphatic heterocycles. The second-order valence-corrected chi connectivity index (χ2v) is 8.90. The van der Waals surface area contributed by atoms with E-state index in [2.05, 4.69) is 49.7 Å². The third kappa shape index (κ3) is 7.31. The number of unbranched alkanes of at least 4 members (excludes halogenated alkanes) is 3. The molecule has 0 unspecified atom stereocenters. The van der Waals surface area contributed by atoms with Crippen molar-refractivity contribution < 1.29 is 18.7 Å². The first kappa shape index (κ1) is 24.2. The highest BCUT2D eigenvalue weighted by molar-refractivity contribution is 5.81.